The van der Waals surface area contributed by atoms with Crippen molar-refractivity contribution in [2.45, 2.75) is 6.54 Å². The van der Waals surface area contributed by atoms with Crippen molar-refractivity contribution in [1.82, 2.24) is 9.47 Å². The molecule has 1 amide bonds. The maximum absolute atomic E-state index is 12.4. The van der Waals surface area contributed by atoms with Gasteiger partial charge >= 0.3 is 5.97 Å². The predicted molar refractivity (Wildman–Crippen MR) is 90.5 cm³/mol. The highest BCUT2D eigenvalue weighted by Crippen LogP contribution is 2.19. The minimum Gasteiger partial charge on any atom is -0.480 e. The molecule has 0 aliphatic carbocycles. The van der Waals surface area contributed by atoms with Crippen molar-refractivity contribution in [3.63, 3.8) is 0 Å². The molecule has 2 heterocycles. The van der Waals surface area contributed by atoms with Crippen LogP contribution in [0.4, 0.5) is 0 Å². The molecule has 1 aromatic carbocycles. The van der Waals surface area contributed by atoms with Gasteiger partial charge in [-0.15, -0.1) is 0 Å². The number of morpholine rings is 1. The Labute approximate surface area is 144 Å². The van der Waals surface area contributed by atoms with Gasteiger partial charge in [0.2, 0.25) is 0 Å². The Hall–Kier alpha value is -2.93. The highest BCUT2D eigenvalue weighted by molar-refractivity contribution is 5.94. The van der Waals surface area contributed by atoms with E-state index in [0.717, 1.165) is 10.1 Å². The first-order valence-electron chi connectivity index (χ1n) is 7.94. The second-order valence-electron chi connectivity index (χ2n) is 5.76. The van der Waals surface area contributed by atoms with Gasteiger partial charge in [0.15, 0.2) is 0 Å². The van der Waals surface area contributed by atoms with Gasteiger partial charge in [-0.1, -0.05) is 12.1 Å². The number of amides is 1. The fourth-order valence-electron chi connectivity index (χ4n) is 2.73. The van der Waals surface area contributed by atoms with E-state index >= 15 is 0 Å². The van der Waals surface area contributed by atoms with Crippen molar-refractivity contribution in [3.05, 3.63) is 58.5 Å². The normalized spacial score (nSPS) is 14.3. The molecule has 0 unspecified atom stereocenters. The van der Waals surface area contributed by atoms with Crippen LogP contribution in [0, 0.1) is 0 Å². The zero-order valence-corrected chi connectivity index (χ0v) is 13.6. The summed E-state index contributed by atoms with van der Waals surface area (Å²) >= 11 is 0. The molecule has 1 N–H and O–H groups in total. The van der Waals surface area contributed by atoms with Crippen LogP contribution in [-0.2, 0) is 16.1 Å². The Kier molecular flexibility index (Phi) is 4.95. The summed E-state index contributed by atoms with van der Waals surface area (Å²) in [5, 5.41) is 8.86. The first-order valence-corrected chi connectivity index (χ1v) is 7.94. The summed E-state index contributed by atoms with van der Waals surface area (Å²) < 4.78 is 6.39. The van der Waals surface area contributed by atoms with Gasteiger partial charge < -0.3 is 19.3 Å². The average Bonchev–Trinajstić information content (AvgIpc) is 2.63. The lowest BCUT2D eigenvalue weighted by Gasteiger charge is -2.26. The molecule has 1 aliphatic rings. The van der Waals surface area contributed by atoms with E-state index < -0.39 is 5.97 Å². The van der Waals surface area contributed by atoms with Crippen molar-refractivity contribution in [2.24, 2.45) is 0 Å². The summed E-state index contributed by atoms with van der Waals surface area (Å²) in [6.45, 7) is 1.88. The van der Waals surface area contributed by atoms with Crippen LogP contribution in [0.2, 0.25) is 0 Å². The molecule has 1 aromatic heterocycles. The predicted octanol–water partition coefficient (Wildman–Crippen LogP) is 1.07. The average molecular weight is 342 g/mol. The molecule has 0 saturated carbocycles. The second kappa shape index (κ2) is 7.31. The molecule has 1 saturated heterocycles. The molecule has 130 valence electrons. The summed E-state index contributed by atoms with van der Waals surface area (Å²) in [5.74, 6) is -1.11. The van der Waals surface area contributed by atoms with Crippen LogP contribution in [0.25, 0.3) is 11.1 Å². The van der Waals surface area contributed by atoms with Gasteiger partial charge in [0, 0.05) is 30.9 Å². The Balaban J connectivity index is 1.81. The smallest absolute Gasteiger partial charge is 0.323 e. The Morgan fingerprint density at radius 2 is 1.64 bits per heavy atom. The fraction of sp³-hybridized carbons (Fsp3) is 0.278. The number of hydrogen-bond acceptors (Lipinski definition) is 4. The third kappa shape index (κ3) is 3.95. The maximum atomic E-state index is 12.4. The van der Waals surface area contributed by atoms with Crippen molar-refractivity contribution >= 4 is 11.9 Å². The number of carboxylic acids is 1. The molecule has 25 heavy (non-hydrogen) atoms. The lowest BCUT2D eigenvalue weighted by molar-refractivity contribution is -0.137. The van der Waals surface area contributed by atoms with Gasteiger partial charge in [0.25, 0.3) is 11.5 Å². The summed E-state index contributed by atoms with van der Waals surface area (Å²) in [6.07, 6.45) is 1.51. The Morgan fingerprint density at radius 1 is 1.00 bits per heavy atom. The number of aromatic nitrogens is 1. The van der Waals surface area contributed by atoms with E-state index in [1.807, 2.05) is 0 Å². The number of rotatable bonds is 4. The highest BCUT2D eigenvalue weighted by Gasteiger charge is 2.18. The van der Waals surface area contributed by atoms with Crippen LogP contribution in [0.3, 0.4) is 0 Å². The number of carbonyl (C=O) groups is 2. The first-order chi connectivity index (χ1) is 12.0. The minimum atomic E-state index is -1.08. The first kappa shape index (κ1) is 16.9. The quantitative estimate of drug-likeness (QED) is 0.898. The van der Waals surface area contributed by atoms with E-state index in [9.17, 15) is 14.4 Å². The highest BCUT2D eigenvalue weighted by atomic mass is 16.5. The SMILES string of the molecule is O=C(O)Cn1cc(-c2ccc(C(=O)N3CCOCC3)cc2)ccc1=O. The number of pyridine rings is 1. The van der Waals surface area contributed by atoms with Gasteiger partial charge in [0.1, 0.15) is 6.54 Å². The third-order valence-electron chi connectivity index (χ3n) is 4.05. The van der Waals surface area contributed by atoms with Crippen LogP contribution in [0.15, 0.2) is 47.4 Å². The van der Waals surface area contributed by atoms with Gasteiger partial charge in [-0.05, 0) is 29.3 Å². The molecule has 7 nitrogen and oxygen atoms in total. The number of carbonyl (C=O) groups excluding carboxylic acids is 1. The summed E-state index contributed by atoms with van der Waals surface area (Å²) in [7, 11) is 0. The zero-order valence-electron chi connectivity index (χ0n) is 13.6. The van der Waals surface area contributed by atoms with Crippen LogP contribution in [-0.4, -0.2) is 52.8 Å². The van der Waals surface area contributed by atoms with Crippen molar-refractivity contribution in [3.8, 4) is 11.1 Å². The summed E-state index contributed by atoms with van der Waals surface area (Å²) in [5.41, 5.74) is 1.73. The van der Waals surface area contributed by atoms with E-state index in [0.29, 0.717) is 37.4 Å². The monoisotopic (exact) mass is 342 g/mol. The van der Waals surface area contributed by atoms with Crippen LogP contribution in [0.1, 0.15) is 10.4 Å². The van der Waals surface area contributed by atoms with E-state index in [4.69, 9.17) is 9.84 Å². The summed E-state index contributed by atoms with van der Waals surface area (Å²) in [6, 6.07) is 10.0. The summed E-state index contributed by atoms with van der Waals surface area (Å²) in [4.78, 5) is 36.7. The van der Waals surface area contributed by atoms with Crippen molar-refractivity contribution in [1.29, 1.82) is 0 Å². The van der Waals surface area contributed by atoms with Crippen LogP contribution >= 0.6 is 0 Å². The number of benzene rings is 1. The molecule has 7 heteroatoms. The molecule has 1 aliphatic heterocycles. The molecule has 3 rings (SSSR count). The van der Waals surface area contributed by atoms with Crippen LogP contribution < -0.4 is 5.56 Å². The third-order valence-corrected chi connectivity index (χ3v) is 4.05. The largest absolute Gasteiger partial charge is 0.480 e. The van der Waals surface area contributed by atoms with Crippen LogP contribution in [0.5, 0.6) is 0 Å². The van der Waals surface area contributed by atoms with E-state index in [2.05, 4.69) is 0 Å². The number of aliphatic carboxylic acids is 1. The molecule has 0 radical (unpaired) electrons. The number of ether oxygens (including phenoxy) is 1. The van der Waals surface area contributed by atoms with E-state index in [-0.39, 0.29) is 18.0 Å². The molecular formula is C18H18N2O5. The molecule has 0 spiro atoms. The van der Waals surface area contributed by atoms with Gasteiger partial charge in [-0.2, -0.15) is 0 Å². The molecule has 0 bridgehead atoms. The standard InChI is InChI=1S/C18H18N2O5/c21-16-6-5-15(11-20(16)12-17(22)23)13-1-3-14(4-2-13)18(24)19-7-9-25-10-8-19/h1-6,11H,7-10,12H2,(H,22,23). The fourth-order valence-corrected chi connectivity index (χ4v) is 2.73. The Bertz CT molecular complexity index is 835. The number of carboxylic acid groups (broad SMARTS) is 1. The number of nitrogens with zero attached hydrogens (tertiary/aromatic N) is 2. The van der Waals surface area contributed by atoms with Crippen molar-refractivity contribution in [2.75, 3.05) is 26.3 Å². The van der Waals surface area contributed by atoms with E-state index in [1.54, 1.807) is 35.2 Å². The van der Waals surface area contributed by atoms with Gasteiger partial charge in [-0.3, -0.25) is 14.4 Å². The van der Waals surface area contributed by atoms with Gasteiger partial charge in [0.05, 0.1) is 13.2 Å². The lowest BCUT2D eigenvalue weighted by Crippen LogP contribution is -2.40. The minimum absolute atomic E-state index is 0.0364. The topological polar surface area (TPSA) is 88.8 Å². The maximum Gasteiger partial charge on any atom is 0.323 e. The molecule has 2 aromatic rings. The lowest BCUT2D eigenvalue weighted by atomic mass is 10.0. The van der Waals surface area contributed by atoms with Gasteiger partial charge in [-0.25, -0.2) is 0 Å². The Morgan fingerprint density at radius 3 is 2.28 bits per heavy atom. The second-order valence-corrected chi connectivity index (χ2v) is 5.76. The number of hydrogen-bond donors (Lipinski definition) is 1. The zero-order chi connectivity index (χ0) is 17.8. The van der Waals surface area contributed by atoms with Crippen molar-refractivity contribution < 1.29 is 19.4 Å². The molecular weight excluding hydrogens is 324 g/mol. The molecule has 0 atom stereocenters. The van der Waals surface area contributed by atoms with E-state index in [1.165, 1.54) is 12.3 Å². The molecule has 1 fully saturated rings.